The molecule has 0 aliphatic heterocycles. The number of hydrogen-bond acceptors (Lipinski definition) is 5. The zero-order valence-corrected chi connectivity index (χ0v) is 12.4. The van der Waals surface area contributed by atoms with Crippen molar-refractivity contribution in [2.45, 2.75) is 38.5 Å². The Morgan fingerprint density at radius 1 is 1.05 bits per heavy atom. The van der Waals surface area contributed by atoms with Crippen LogP contribution >= 0.6 is 0 Å². The average molecular weight is 318 g/mol. The van der Waals surface area contributed by atoms with Gasteiger partial charge < -0.3 is 21.3 Å². The van der Waals surface area contributed by atoms with Crippen LogP contribution in [-0.4, -0.2) is 35.0 Å². The number of carboxylic acid groups (broad SMARTS) is 1. The zero-order valence-electron chi connectivity index (χ0n) is 12.4. The summed E-state index contributed by atoms with van der Waals surface area (Å²) in [7, 11) is 0. The van der Waals surface area contributed by atoms with Crippen molar-refractivity contribution in [1.82, 2.24) is 10.6 Å². The molecule has 0 aliphatic carbocycles. The number of unbranched alkanes of at least 4 members (excludes halogenated alkanes) is 1. The van der Waals surface area contributed by atoms with E-state index >= 15 is 0 Å². The fourth-order valence-corrected chi connectivity index (χ4v) is 1.38. The van der Waals surface area contributed by atoms with Crippen molar-refractivity contribution in [1.29, 1.82) is 0 Å². The summed E-state index contributed by atoms with van der Waals surface area (Å²) < 4.78 is 4.86. The van der Waals surface area contributed by atoms with Crippen LogP contribution in [0.2, 0.25) is 0 Å². The number of urea groups is 2. The van der Waals surface area contributed by atoms with Gasteiger partial charge in [-0.1, -0.05) is 0 Å². The van der Waals surface area contributed by atoms with Gasteiger partial charge in [0.25, 0.3) is 5.85 Å². The van der Waals surface area contributed by atoms with Gasteiger partial charge in [-0.05, 0) is 12.8 Å². The highest BCUT2D eigenvalue weighted by atomic mass is 16.6. The number of aliphatic carboxylic acids is 1. The van der Waals surface area contributed by atoms with E-state index in [0.717, 1.165) is 0 Å². The number of nitrogens with two attached hydrogens (primary N) is 2. The first-order valence-corrected chi connectivity index (χ1v) is 6.23. The molecule has 0 fully saturated rings. The van der Waals surface area contributed by atoms with Crippen LogP contribution < -0.4 is 22.1 Å². The second-order valence-corrected chi connectivity index (χ2v) is 4.09. The topological polar surface area (TPSA) is 174 Å². The molecule has 0 saturated heterocycles. The van der Waals surface area contributed by atoms with Crippen LogP contribution in [-0.2, 0) is 14.3 Å². The summed E-state index contributed by atoms with van der Waals surface area (Å²) in [4.78, 5) is 43.3. The van der Waals surface area contributed by atoms with Gasteiger partial charge in [0.2, 0.25) is 0 Å². The molecular formula is C12H22N4O6. The predicted octanol–water partition coefficient (Wildman–Crippen LogP) is -0.0129. The van der Waals surface area contributed by atoms with Gasteiger partial charge in [0.15, 0.2) is 0 Å². The number of primary amides is 2. The molecule has 7 N–H and O–H groups in total. The van der Waals surface area contributed by atoms with Crippen molar-refractivity contribution in [3.05, 3.63) is 13.2 Å². The summed E-state index contributed by atoms with van der Waals surface area (Å²) >= 11 is 0. The number of ether oxygens (including phenoxy) is 1. The first-order chi connectivity index (χ1) is 10.1. The summed E-state index contributed by atoms with van der Waals surface area (Å²) in [5.74, 6) is -3.57. The molecule has 0 heterocycles. The number of nitrogens with one attached hydrogen (secondary N) is 2. The Bertz CT molecular complexity index is 396. The number of amides is 4. The first-order valence-electron chi connectivity index (χ1n) is 6.23. The fraction of sp³-hybridized carbons (Fsp3) is 0.500. The van der Waals surface area contributed by atoms with E-state index in [4.69, 9.17) is 21.3 Å². The molecule has 4 amide bonds. The highest BCUT2D eigenvalue weighted by Crippen LogP contribution is 2.07. The largest absolute Gasteiger partial charge is 0.481 e. The molecule has 0 radical (unpaired) electrons. The molecule has 0 saturated carbocycles. The first kappa shape index (κ1) is 21.5. The smallest absolute Gasteiger partial charge is 0.316 e. The van der Waals surface area contributed by atoms with E-state index < -0.39 is 29.8 Å². The van der Waals surface area contributed by atoms with Crippen LogP contribution in [0.4, 0.5) is 9.59 Å². The van der Waals surface area contributed by atoms with Crippen LogP contribution in [0.1, 0.15) is 32.6 Å². The molecule has 0 spiro atoms. The van der Waals surface area contributed by atoms with Crippen molar-refractivity contribution in [3.63, 3.8) is 0 Å². The molecule has 0 aliphatic rings. The van der Waals surface area contributed by atoms with Crippen molar-refractivity contribution in [2.24, 2.45) is 11.5 Å². The molecule has 0 aromatic carbocycles. The third-order valence-electron chi connectivity index (χ3n) is 2.06. The number of carbonyl (C=O) groups is 4. The monoisotopic (exact) mass is 318 g/mol. The number of esters is 1. The molecule has 0 rings (SSSR count). The fourth-order valence-electron chi connectivity index (χ4n) is 1.38. The van der Waals surface area contributed by atoms with E-state index in [1.807, 2.05) is 10.6 Å². The quantitative estimate of drug-likeness (QED) is 0.182. The molecule has 10 nitrogen and oxygen atoms in total. The zero-order chi connectivity index (χ0) is 17.8. The number of carbonyl (C=O) groups excluding carboxylic acids is 3. The SMILES string of the molecule is C=C.CC(NC(N)=O)(NC(N)=O)OC(=O)CCCCC(=O)O. The van der Waals surface area contributed by atoms with Gasteiger partial charge in [-0.2, -0.15) is 0 Å². The minimum absolute atomic E-state index is 0.0659. The van der Waals surface area contributed by atoms with Gasteiger partial charge in [0.05, 0.1) is 0 Å². The van der Waals surface area contributed by atoms with Crippen LogP contribution in [0.15, 0.2) is 13.2 Å². The van der Waals surface area contributed by atoms with Gasteiger partial charge in [-0.25, -0.2) is 9.59 Å². The van der Waals surface area contributed by atoms with Gasteiger partial charge in [-0.15, -0.1) is 13.2 Å². The van der Waals surface area contributed by atoms with Crippen molar-refractivity contribution >= 4 is 24.0 Å². The summed E-state index contributed by atoms with van der Waals surface area (Å²) in [6.45, 7) is 7.18. The molecule has 22 heavy (non-hydrogen) atoms. The van der Waals surface area contributed by atoms with Gasteiger partial charge in [-0.3, -0.25) is 20.2 Å². The highest BCUT2D eigenvalue weighted by Gasteiger charge is 2.31. The Hall–Kier alpha value is -2.78. The lowest BCUT2D eigenvalue weighted by Crippen LogP contribution is -2.63. The maximum absolute atomic E-state index is 11.5. The summed E-state index contributed by atoms with van der Waals surface area (Å²) in [5, 5.41) is 12.5. The normalized spacial score (nSPS) is 9.68. The third-order valence-corrected chi connectivity index (χ3v) is 2.06. The Morgan fingerprint density at radius 2 is 1.45 bits per heavy atom. The molecule has 126 valence electrons. The molecule has 0 aromatic rings. The van der Waals surface area contributed by atoms with Crippen molar-refractivity contribution in [2.75, 3.05) is 0 Å². The Kier molecular flexibility index (Phi) is 10.7. The van der Waals surface area contributed by atoms with Crippen molar-refractivity contribution in [3.8, 4) is 0 Å². The van der Waals surface area contributed by atoms with Gasteiger partial charge >= 0.3 is 24.0 Å². The van der Waals surface area contributed by atoms with Gasteiger partial charge in [0.1, 0.15) is 0 Å². The lowest BCUT2D eigenvalue weighted by Gasteiger charge is -2.29. The third kappa shape index (κ3) is 12.3. The van der Waals surface area contributed by atoms with Crippen molar-refractivity contribution < 1.29 is 29.0 Å². The predicted molar refractivity (Wildman–Crippen MR) is 77.3 cm³/mol. The molecule has 10 heteroatoms. The lowest BCUT2D eigenvalue weighted by atomic mass is 10.2. The van der Waals surface area contributed by atoms with E-state index in [9.17, 15) is 19.2 Å². The second-order valence-electron chi connectivity index (χ2n) is 4.09. The van der Waals surface area contributed by atoms with E-state index in [2.05, 4.69) is 13.2 Å². The number of hydrogen-bond donors (Lipinski definition) is 5. The second kappa shape index (κ2) is 10.9. The standard InChI is InChI=1S/C10H18N4O6.C2H4/c1-10(13-8(11)18,14-9(12)19)20-7(17)5-3-2-4-6(15)16;1-2/h2-5H2,1H3,(H,15,16)(H3,11,13,18)(H3,12,14,19);1-2H2. The maximum atomic E-state index is 11.5. The molecule has 0 bridgehead atoms. The number of carboxylic acids is 1. The van der Waals surface area contributed by atoms with Crippen LogP contribution in [0.25, 0.3) is 0 Å². The van der Waals surface area contributed by atoms with E-state index in [1.54, 1.807) is 0 Å². The molecular weight excluding hydrogens is 296 g/mol. The summed E-state index contributed by atoms with van der Waals surface area (Å²) in [6.07, 6.45) is 0.440. The lowest BCUT2D eigenvalue weighted by molar-refractivity contribution is -0.162. The van der Waals surface area contributed by atoms with E-state index in [1.165, 1.54) is 6.92 Å². The highest BCUT2D eigenvalue weighted by molar-refractivity contribution is 5.77. The molecule has 0 atom stereocenters. The van der Waals surface area contributed by atoms with Crippen LogP contribution in [0.3, 0.4) is 0 Å². The summed E-state index contributed by atoms with van der Waals surface area (Å²) in [5.41, 5.74) is 9.77. The Labute approximate surface area is 127 Å². The van der Waals surface area contributed by atoms with E-state index in [-0.39, 0.29) is 19.3 Å². The number of rotatable bonds is 8. The van der Waals surface area contributed by atoms with Gasteiger partial charge in [0, 0.05) is 19.8 Å². The Balaban J connectivity index is 0. The van der Waals surface area contributed by atoms with Crippen LogP contribution in [0.5, 0.6) is 0 Å². The average Bonchev–Trinajstić information content (AvgIpc) is 2.34. The Morgan fingerprint density at radius 3 is 1.82 bits per heavy atom. The molecule has 0 unspecified atom stereocenters. The van der Waals surface area contributed by atoms with Crippen LogP contribution in [0, 0.1) is 0 Å². The maximum Gasteiger partial charge on any atom is 0.316 e. The van der Waals surface area contributed by atoms with E-state index in [0.29, 0.717) is 6.42 Å². The minimum atomic E-state index is -1.86. The molecule has 0 aromatic heterocycles. The minimum Gasteiger partial charge on any atom is -0.481 e. The summed E-state index contributed by atoms with van der Waals surface area (Å²) in [6, 6.07) is -2.06.